The van der Waals surface area contributed by atoms with Crippen molar-refractivity contribution >= 4 is 11.9 Å². The van der Waals surface area contributed by atoms with Crippen molar-refractivity contribution in [1.29, 1.82) is 0 Å². The van der Waals surface area contributed by atoms with E-state index in [0.29, 0.717) is 0 Å². The molecule has 0 spiro atoms. The smallest absolute Gasteiger partial charge is 0.178 e. The average molecular weight is 310 g/mol. The number of rotatable bonds is 5. The summed E-state index contributed by atoms with van der Waals surface area (Å²) in [4.78, 5) is 12.1. The highest BCUT2D eigenvalue weighted by Gasteiger charge is 2.26. The van der Waals surface area contributed by atoms with Gasteiger partial charge in [0.15, 0.2) is 5.78 Å². The van der Waals surface area contributed by atoms with Crippen molar-refractivity contribution in [2.24, 2.45) is 5.41 Å². The van der Waals surface area contributed by atoms with E-state index in [9.17, 15) is 4.79 Å². The van der Waals surface area contributed by atoms with Gasteiger partial charge in [-0.15, -0.1) is 0 Å². The number of methoxy groups -OCH3 is 1. The third-order valence-corrected chi connectivity index (χ3v) is 4.52. The number of ether oxygens (including phenoxy) is 1. The Balaban J connectivity index is 2.11. The molecule has 2 heteroatoms. The minimum atomic E-state index is -0.00224. The van der Waals surface area contributed by atoms with E-state index in [2.05, 4.69) is 20.8 Å². The lowest BCUT2D eigenvalue weighted by Gasteiger charge is -2.32. The van der Waals surface area contributed by atoms with E-state index in [0.717, 1.165) is 17.7 Å². The molecule has 0 atom stereocenters. The van der Waals surface area contributed by atoms with Gasteiger partial charge in [-0.1, -0.05) is 43.7 Å². The maximum Gasteiger partial charge on any atom is 0.178 e. The van der Waals surface area contributed by atoms with Crippen LogP contribution in [0.25, 0.3) is 6.08 Å². The molecule has 0 radical (unpaired) electrons. The Labute approximate surface area is 139 Å². The highest BCUT2D eigenvalue weighted by atomic mass is 16.5. The molecule has 0 aromatic heterocycles. The Morgan fingerprint density at radius 3 is 2.57 bits per heavy atom. The van der Waals surface area contributed by atoms with Gasteiger partial charge in [0.25, 0.3) is 0 Å². The summed E-state index contributed by atoms with van der Waals surface area (Å²) >= 11 is 0. The van der Waals surface area contributed by atoms with Crippen molar-refractivity contribution in [3.63, 3.8) is 0 Å². The van der Waals surface area contributed by atoms with Crippen molar-refractivity contribution in [3.8, 4) is 5.75 Å². The molecule has 2 rings (SSSR count). The summed E-state index contributed by atoms with van der Waals surface area (Å²) in [7, 11) is 1.63. The van der Waals surface area contributed by atoms with Crippen LogP contribution in [-0.2, 0) is 4.79 Å². The largest absolute Gasteiger partial charge is 0.496 e. The van der Waals surface area contributed by atoms with Gasteiger partial charge >= 0.3 is 0 Å². The standard InChI is InChI=1S/C21H26O2/c1-16-8-7-15-21(2,3)19(16)14-13-18(22)12-11-17-9-5-6-10-20(17)23-4/h5-6,9-14H,7-8,15H2,1-4H3/b12-11+,14-13+. The minimum absolute atomic E-state index is 0.00224. The maximum absolute atomic E-state index is 12.1. The fourth-order valence-electron chi connectivity index (χ4n) is 3.21. The predicted octanol–water partition coefficient (Wildman–Crippen LogP) is 5.36. The molecule has 0 bridgehead atoms. The van der Waals surface area contributed by atoms with Gasteiger partial charge in [-0.2, -0.15) is 0 Å². The van der Waals surface area contributed by atoms with Crippen LogP contribution in [0.3, 0.4) is 0 Å². The van der Waals surface area contributed by atoms with Crippen LogP contribution in [0.4, 0.5) is 0 Å². The quantitative estimate of drug-likeness (QED) is 0.684. The Morgan fingerprint density at radius 2 is 1.87 bits per heavy atom. The van der Waals surface area contributed by atoms with E-state index in [1.165, 1.54) is 24.0 Å². The average Bonchev–Trinajstić information content (AvgIpc) is 2.52. The van der Waals surface area contributed by atoms with Gasteiger partial charge in [0.2, 0.25) is 0 Å². The van der Waals surface area contributed by atoms with Crippen LogP contribution in [0.1, 0.15) is 45.6 Å². The molecular weight excluding hydrogens is 284 g/mol. The number of benzene rings is 1. The first-order valence-electron chi connectivity index (χ1n) is 8.17. The zero-order chi connectivity index (χ0) is 16.9. The van der Waals surface area contributed by atoms with Gasteiger partial charge in [0, 0.05) is 5.56 Å². The van der Waals surface area contributed by atoms with Gasteiger partial charge in [-0.05, 0) is 61.5 Å². The molecule has 122 valence electrons. The summed E-state index contributed by atoms with van der Waals surface area (Å²) in [6, 6.07) is 7.67. The van der Waals surface area contributed by atoms with Crippen LogP contribution in [0.2, 0.25) is 0 Å². The van der Waals surface area contributed by atoms with Crippen molar-refractivity contribution in [2.45, 2.75) is 40.0 Å². The number of hydrogen-bond acceptors (Lipinski definition) is 2. The highest BCUT2D eigenvalue weighted by Crippen LogP contribution is 2.40. The van der Waals surface area contributed by atoms with Crippen LogP contribution in [0.15, 0.2) is 53.6 Å². The van der Waals surface area contributed by atoms with Crippen molar-refractivity contribution in [2.75, 3.05) is 7.11 Å². The molecule has 0 fully saturated rings. The summed E-state index contributed by atoms with van der Waals surface area (Å²) in [6.07, 6.45) is 10.6. The SMILES string of the molecule is COc1ccccc1/C=C/C(=O)/C=C/C1=C(C)CCCC1(C)C. The molecule has 0 amide bonds. The summed E-state index contributed by atoms with van der Waals surface area (Å²) in [6.45, 7) is 6.69. The van der Waals surface area contributed by atoms with Gasteiger partial charge in [-0.25, -0.2) is 0 Å². The minimum Gasteiger partial charge on any atom is -0.496 e. The van der Waals surface area contributed by atoms with E-state index < -0.39 is 0 Å². The second-order valence-electron chi connectivity index (χ2n) is 6.74. The summed E-state index contributed by atoms with van der Waals surface area (Å²) < 4.78 is 5.29. The molecule has 23 heavy (non-hydrogen) atoms. The van der Waals surface area contributed by atoms with E-state index in [4.69, 9.17) is 4.74 Å². The molecular formula is C21H26O2. The molecule has 0 unspecified atom stereocenters. The van der Waals surface area contributed by atoms with Crippen LogP contribution in [0, 0.1) is 5.41 Å². The lowest BCUT2D eigenvalue weighted by molar-refractivity contribution is -0.110. The Kier molecular flexibility index (Phi) is 5.59. The molecule has 1 aromatic carbocycles. The lowest BCUT2D eigenvalue weighted by atomic mass is 9.72. The monoisotopic (exact) mass is 310 g/mol. The van der Waals surface area contributed by atoms with E-state index >= 15 is 0 Å². The second-order valence-corrected chi connectivity index (χ2v) is 6.74. The first-order chi connectivity index (χ1) is 10.9. The van der Waals surface area contributed by atoms with Crippen LogP contribution < -0.4 is 4.74 Å². The fraction of sp³-hybridized carbons (Fsp3) is 0.381. The van der Waals surface area contributed by atoms with Crippen molar-refractivity contribution in [1.82, 2.24) is 0 Å². The number of ketones is 1. The predicted molar refractivity (Wildman–Crippen MR) is 96.5 cm³/mol. The lowest BCUT2D eigenvalue weighted by Crippen LogP contribution is -2.19. The van der Waals surface area contributed by atoms with Gasteiger partial charge in [-0.3, -0.25) is 4.79 Å². The molecule has 2 nitrogen and oxygen atoms in total. The molecule has 1 aliphatic carbocycles. The summed E-state index contributed by atoms with van der Waals surface area (Å²) in [5.74, 6) is 0.769. The van der Waals surface area contributed by atoms with E-state index in [1.807, 2.05) is 30.3 Å². The third-order valence-electron chi connectivity index (χ3n) is 4.52. The Hall–Kier alpha value is -2.09. The number of para-hydroxylation sites is 1. The molecule has 0 saturated carbocycles. The summed E-state index contributed by atoms with van der Waals surface area (Å²) in [5, 5.41) is 0. The van der Waals surface area contributed by atoms with Gasteiger partial charge < -0.3 is 4.74 Å². The van der Waals surface area contributed by atoms with E-state index in [-0.39, 0.29) is 11.2 Å². The fourth-order valence-corrected chi connectivity index (χ4v) is 3.21. The molecule has 0 aliphatic heterocycles. The zero-order valence-electron chi connectivity index (χ0n) is 14.6. The third kappa shape index (κ3) is 4.44. The number of carbonyl (C=O) groups excluding carboxylic acids is 1. The normalized spacial score (nSPS) is 17.9. The van der Waals surface area contributed by atoms with Crippen LogP contribution in [0.5, 0.6) is 5.75 Å². The molecule has 1 aliphatic rings. The topological polar surface area (TPSA) is 26.3 Å². The number of carbonyl (C=O) groups is 1. The Bertz CT molecular complexity index is 660. The number of hydrogen-bond donors (Lipinski definition) is 0. The Morgan fingerprint density at radius 1 is 1.17 bits per heavy atom. The van der Waals surface area contributed by atoms with Gasteiger partial charge in [0.1, 0.15) is 5.75 Å². The van der Waals surface area contributed by atoms with E-state index in [1.54, 1.807) is 25.3 Å². The van der Waals surface area contributed by atoms with Crippen LogP contribution >= 0.6 is 0 Å². The molecule has 0 saturated heterocycles. The van der Waals surface area contributed by atoms with Gasteiger partial charge in [0.05, 0.1) is 7.11 Å². The highest BCUT2D eigenvalue weighted by molar-refractivity contribution is 6.02. The van der Waals surface area contributed by atoms with Crippen LogP contribution in [-0.4, -0.2) is 12.9 Å². The number of allylic oxidation sites excluding steroid dienone is 5. The molecule has 0 heterocycles. The second kappa shape index (κ2) is 7.45. The zero-order valence-corrected chi connectivity index (χ0v) is 14.6. The summed E-state index contributed by atoms with van der Waals surface area (Å²) in [5.41, 5.74) is 3.78. The van der Waals surface area contributed by atoms with Crippen molar-refractivity contribution in [3.05, 3.63) is 59.2 Å². The molecule has 1 aromatic rings. The first-order valence-corrected chi connectivity index (χ1v) is 8.17. The maximum atomic E-state index is 12.1. The first kappa shape index (κ1) is 17.3. The van der Waals surface area contributed by atoms with Crippen molar-refractivity contribution < 1.29 is 9.53 Å². The molecule has 0 N–H and O–H groups in total.